The highest BCUT2D eigenvalue weighted by Gasteiger charge is 2.22. The molecule has 0 spiro atoms. The molecule has 4 heterocycles. The van der Waals surface area contributed by atoms with Gasteiger partial charge in [0.2, 0.25) is 5.95 Å². The van der Waals surface area contributed by atoms with E-state index in [1.54, 1.807) is 12.4 Å². The van der Waals surface area contributed by atoms with Crippen LogP contribution in [-0.2, 0) is 0 Å². The van der Waals surface area contributed by atoms with Gasteiger partial charge in [0.25, 0.3) is 0 Å². The standard InChI is InChI=1S/C34H20N4O/c1-4-12-26-21(9-1)23-17-18-24-22-10-3-6-16-30(22)39-33(24)32(23)37(26)28-14-7-15-29-31(28)25-11-2-5-13-27(25)38(29)34-35-19-8-20-36-34/h1-20H. The number of aromatic nitrogens is 4. The van der Waals surface area contributed by atoms with Crippen LogP contribution < -0.4 is 0 Å². The second kappa shape index (κ2) is 7.55. The number of fused-ring (bicyclic) bond motifs is 10. The zero-order valence-corrected chi connectivity index (χ0v) is 20.7. The summed E-state index contributed by atoms with van der Waals surface area (Å²) in [6.07, 6.45) is 3.58. The molecule has 0 saturated carbocycles. The van der Waals surface area contributed by atoms with Crippen LogP contribution in [0.25, 0.3) is 77.2 Å². The van der Waals surface area contributed by atoms with Crippen molar-refractivity contribution >= 4 is 65.6 Å². The van der Waals surface area contributed by atoms with E-state index in [0.717, 1.165) is 60.5 Å². The lowest BCUT2D eigenvalue weighted by Crippen LogP contribution is -2.00. The van der Waals surface area contributed by atoms with Gasteiger partial charge in [0.15, 0.2) is 5.58 Å². The van der Waals surface area contributed by atoms with Gasteiger partial charge in [-0.25, -0.2) is 9.97 Å². The van der Waals surface area contributed by atoms with E-state index in [0.29, 0.717) is 5.95 Å². The molecule has 0 aliphatic rings. The summed E-state index contributed by atoms with van der Waals surface area (Å²) in [4.78, 5) is 9.22. The summed E-state index contributed by atoms with van der Waals surface area (Å²) in [6, 6.07) is 38.1. The molecule has 9 rings (SSSR count). The van der Waals surface area contributed by atoms with Crippen LogP contribution in [0, 0.1) is 0 Å². The van der Waals surface area contributed by atoms with E-state index < -0.39 is 0 Å². The van der Waals surface area contributed by atoms with Crippen molar-refractivity contribution in [3.8, 4) is 11.6 Å². The molecule has 0 aliphatic heterocycles. The maximum Gasteiger partial charge on any atom is 0.234 e. The second-order valence-electron chi connectivity index (χ2n) is 9.86. The van der Waals surface area contributed by atoms with Crippen LogP contribution in [0.4, 0.5) is 0 Å². The maximum atomic E-state index is 6.59. The Morgan fingerprint density at radius 1 is 0.487 bits per heavy atom. The molecule has 0 N–H and O–H groups in total. The number of furan rings is 1. The molecule has 0 amide bonds. The molecule has 0 aliphatic carbocycles. The van der Waals surface area contributed by atoms with Gasteiger partial charge in [-0.3, -0.25) is 4.57 Å². The summed E-state index contributed by atoms with van der Waals surface area (Å²) in [7, 11) is 0. The molecule has 0 atom stereocenters. The van der Waals surface area contributed by atoms with E-state index >= 15 is 0 Å². The summed E-state index contributed by atoms with van der Waals surface area (Å²) in [6.45, 7) is 0. The fourth-order valence-corrected chi connectivity index (χ4v) is 6.29. The van der Waals surface area contributed by atoms with Crippen molar-refractivity contribution in [3.05, 3.63) is 122 Å². The third-order valence-electron chi connectivity index (χ3n) is 7.85. The summed E-state index contributed by atoms with van der Waals surface area (Å²) < 4.78 is 11.1. The molecule has 9 aromatic rings. The normalized spacial score (nSPS) is 12.1. The van der Waals surface area contributed by atoms with Gasteiger partial charge in [-0.15, -0.1) is 0 Å². The van der Waals surface area contributed by atoms with Gasteiger partial charge in [0.05, 0.1) is 27.8 Å². The van der Waals surface area contributed by atoms with Gasteiger partial charge in [0.1, 0.15) is 5.58 Å². The number of hydrogen-bond donors (Lipinski definition) is 0. The second-order valence-corrected chi connectivity index (χ2v) is 9.86. The van der Waals surface area contributed by atoms with Crippen LogP contribution in [0.1, 0.15) is 0 Å². The summed E-state index contributed by atoms with van der Waals surface area (Å²) in [5.41, 5.74) is 7.23. The monoisotopic (exact) mass is 500 g/mol. The Labute approximate surface area is 222 Å². The average Bonchev–Trinajstić information content (AvgIpc) is 3.65. The lowest BCUT2D eigenvalue weighted by atomic mass is 10.1. The Hall–Kier alpha value is -5.42. The number of benzene rings is 5. The quantitative estimate of drug-likeness (QED) is 0.239. The molecule has 0 fully saturated rings. The predicted octanol–water partition coefficient (Wildman–Crippen LogP) is 8.57. The minimum absolute atomic E-state index is 0.655. The van der Waals surface area contributed by atoms with Crippen molar-refractivity contribution in [3.63, 3.8) is 0 Å². The molecule has 39 heavy (non-hydrogen) atoms. The smallest absolute Gasteiger partial charge is 0.234 e. The van der Waals surface area contributed by atoms with Gasteiger partial charge >= 0.3 is 0 Å². The molecule has 5 nitrogen and oxygen atoms in total. The largest absolute Gasteiger partial charge is 0.454 e. The molecule has 4 aromatic heterocycles. The molecular formula is C34H20N4O. The Morgan fingerprint density at radius 2 is 1.15 bits per heavy atom. The topological polar surface area (TPSA) is 48.8 Å². The summed E-state index contributed by atoms with van der Waals surface area (Å²) in [5.74, 6) is 0.655. The third kappa shape index (κ3) is 2.68. The molecule has 0 bridgehead atoms. The van der Waals surface area contributed by atoms with Crippen LogP contribution in [-0.4, -0.2) is 19.1 Å². The first-order chi connectivity index (χ1) is 19.4. The van der Waals surface area contributed by atoms with Crippen molar-refractivity contribution in [1.82, 2.24) is 19.1 Å². The highest BCUT2D eigenvalue weighted by atomic mass is 16.3. The highest BCUT2D eigenvalue weighted by molar-refractivity contribution is 6.23. The van der Waals surface area contributed by atoms with Crippen LogP contribution in [0.5, 0.6) is 0 Å². The van der Waals surface area contributed by atoms with Crippen molar-refractivity contribution in [2.24, 2.45) is 0 Å². The lowest BCUT2D eigenvalue weighted by molar-refractivity contribution is 0.671. The zero-order valence-electron chi connectivity index (χ0n) is 20.7. The lowest BCUT2D eigenvalue weighted by Gasteiger charge is -2.11. The molecular weight excluding hydrogens is 480 g/mol. The fraction of sp³-hybridized carbons (Fsp3) is 0. The zero-order chi connectivity index (χ0) is 25.5. The number of para-hydroxylation sites is 3. The summed E-state index contributed by atoms with van der Waals surface area (Å²) >= 11 is 0. The number of rotatable bonds is 2. The molecule has 5 heteroatoms. The van der Waals surface area contributed by atoms with Gasteiger partial charge in [0, 0.05) is 44.7 Å². The molecule has 0 unspecified atom stereocenters. The van der Waals surface area contributed by atoms with Crippen molar-refractivity contribution < 1.29 is 4.42 Å². The Bertz CT molecular complexity index is 2390. The van der Waals surface area contributed by atoms with E-state index in [4.69, 9.17) is 4.42 Å². The minimum Gasteiger partial charge on any atom is -0.454 e. The first-order valence-corrected chi connectivity index (χ1v) is 13.0. The molecule has 182 valence electrons. The molecule has 0 saturated heterocycles. The van der Waals surface area contributed by atoms with Gasteiger partial charge < -0.3 is 8.98 Å². The predicted molar refractivity (Wildman–Crippen MR) is 158 cm³/mol. The van der Waals surface area contributed by atoms with Crippen molar-refractivity contribution in [1.29, 1.82) is 0 Å². The van der Waals surface area contributed by atoms with Crippen molar-refractivity contribution in [2.45, 2.75) is 0 Å². The van der Waals surface area contributed by atoms with Crippen molar-refractivity contribution in [2.75, 3.05) is 0 Å². The minimum atomic E-state index is 0.655. The highest BCUT2D eigenvalue weighted by Crippen LogP contribution is 2.43. The number of hydrogen-bond acceptors (Lipinski definition) is 3. The van der Waals surface area contributed by atoms with Crippen LogP contribution in [0.3, 0.4) is 0 Å². The molecule has 5 aromatic carbocycles. The van der Waals surface area contributed by atoms with E-state index in [9.17, 15) is 0 Å². The first kappa shape index (κ1) is 20.6. The van der Waals surface area contributed by atoms with Crippen LogP contribution in [0.2, 0.25) is 0 Å². The van der Waals surface area contributed by atoms with E-state index in [-0.39, 0.29) is 0 Å². The van der Waals surface area contributed by atoms with E-state index in [2.05, 4.69) is 110 Å². The van der Waals surface area contributed by atoms with Gasteiger partial charge in [-0.05, 0) is 42.5 Å². The third-order valence-corrected chi connectivity index (χ3v) is 7.85. The van der Waals surface area contributed by atoms with Gasteiger partial charge in [-0.2, -0.15) is 0 Å². The number of nitrogens with zero attached hydrogens (tertiary/aromatic N) is 4. The molecule has 0 radical (unpaired) electrons. The van der Waals surface area contributed by atoms with Crippen LogP contribution >= 0.6 is 0 Å². The average molecular weight is 501 g/mol. The Morgan fingerprint density at radius 3 is 2.00 bits per heavy atom. The SMILES string of the molecule is c1cnc(-n2c3ccccc3c3c(-n4c5ccccc5c5ccc6c7ccccc7oc6c54)cccc32)nc1. The summed E-state index contributed by atoms with van der Waals surface area (Å²) in [5, 5.41) is 6.91. The maximum absolute atomic E-state index is 6.59. The van der Waals surface area contributed by atoms with Crippen LogP contribution in [0.15, 0.2) is 126 Å². The fourth-order valence-electron chi connectivity index (χ4n) is 6.29. The Kier molecular flexibility index (Phi) is 3.99. The first-order valence-electron chi connectivity index (χ1n) is 13.0. The van der Waals surface area contributed by atoms with Gasteiger partial charge in [-0.1, -0.05) is 66.7 Å². The Balaban J connectivity index is 1.52. The van der Waals surface area contributed by atoms with E-state index in [1.165, 1.54) is 10.8 Å². The van der Waals surface area contributed by atoms with E-state index in [1.807, 2.05) is 18.2 Å².